The number of nitrogens with one attached hydrogen (secondary N) is 1. The predicted molar refractivity (Wildman–Crippen MR) is 181 cm³/mol. The van der Waals surface area contributed by atoms with Crippen molar-refractivity contribution in [3.63, 3.8) is 0 Å². The Bertz CT molecular complexity index is 2200. The molecule has 1 aliphatic rings. The van der Waals surface area contributed by atoms with E-state index in [1.165, 1.54) is 42.3 Å². The number of amides is 1. The summed E-state index contributed by atoms with van der Waals surface area (Å²) in [6.07, 6.45) is -4.63. The number of likely N-dealkylation sites (tertiary alicyclic amines) is 1. The molecule has 5 heterocycles. The van der Waals surface area contributed by atoms with Gasteiger partial charge in [0.25, 0.3) is 10.0 Å². The molecular formula is C34H36F3N7O6S. The van der Waals surface area contributed by atoms with Gasteiger partial charge in [-0.3, -0.25) is 0 Å². The summed E-state index contributed by atoms with van der Waals surface area (Å²) >= 11 is 0. The molecule has 270 valence electrons. The highest BCUT2D eigenvalue weighted by atomic mass is 32.2. The van der Waals surface area contributed by atoms with Crippen molar-refractivity contribution in [2.45, 2.75) is 70.3 Å². The number of hydrogen-bond acceptors (Lipinski definition) is 10. The van der Waals surface area contributed by atoms with Crippen molar-refractivity contribution in [3.05, 3.63) is 71.9 Å². The number of pyridine rings is 1. The van der Waals surface area contributed by atoms with Gasteiger partial charge in [0.15, 0.2) is 5.65 Å². The van der Waals surface area contributed by atoms with Crippen LogP contribution in [-0.2, 0) is 20.9 Å². The van der Waals surface area contributed by atoms with Crippen molar-refractivity contribution in [1.29, 1.82) is 0 Å². The number of benzene rings is 1. The second-order valence-corrected chi connectivity index (χ2v) is 15.2. The Morgan fingerprint density at radius 2 is 1.78 bits per heavy atom. The number of ether oxygens (including phenoxy) is 1. The zero-order valence-electron chi connectivity index (χ0n) is 28.6. The van der Waals surface area contributed by atoms with Crippen LogP contribution in [0.5, 0.6) is 0 Å². The third kappa shape index (κ3) is 6.51. The number of methoxy groups -OCH3 is 1. The number of carboxylic acid groups (broad SMARTS) is 1. The van der Waals surface area contributed by atoms with E-state index in [4.69, 9.17) is 9.26 Å². The van der Waals surface area contributed by atoms with E-state index in [9.17, 15) is 31.5 Å². The van der Waals surface area contributed by atoms with Gasteiger partial charge in [0, 0.05) is 37.0 Å². The maximum atomic E-state index is 14.7. The lowest BCUT2D eigenvalue weighted by atomic mass is 9.76. The molecule has 1 aromatic carbocycles. The van der Waals surface area contributed by atoms with Gasteiger partial charge >= 0.3 is 12.3 Å². The van der Waals surface area contributed by atoms with E-state index in [1.54, 1.807) is 26.0 Å². The molecule has 1 amide bonds. The molecule has 1 aliphatic heterocycles. The summed E-state index contributed by atoms with van der Waals surface area (Å²) in [5, 5.41) is 17.1. The molecule has 0 aliphatic carbocycles. The van der Waals surface area contributed by atoms with Gasteiger partial charge in [0.2, 0.25) is 5.95 Å². The van der Waals surface area contributed by atoms with Crippen LogP contribution in [0.25, 0.3) is 33.5 Å². The number of halogens is 3. The number of piperidine rings is 1. The Balaban J connectivity index is 1.58. The molecule has 3 unspecified atom stereocenters. The smallest absolute Gasteiger partial charge is 0.419 e. The average molecular weight is 728 g/mol. The highest BCUT2D eigenvalue weighted by Crippen LogP contribution is 2.42. The number of anilines is 1. The van der Waals surface area contributed by atoms with Crippen LogP contribution in [-0.4, -0.2) is 80.4 Å². The molecular weight excluding hydrogens is 691 g/mol. The van der Waals surface area contributed by atoms with Crippen LogP contribution in [0.4, 0.5) is 23.9 Å². The minimum Gasteiger partial charge on any atom is -0.465 e. The standard InChI is InChI=1S/C34H36F3N7O6S/c1-18-26(19(2)50-42-18)24-13-12-21-22(17-44(30(21)39-24)51(47,48)20-10-8-7-9-11-20)27-23(34(35,36)37)16-38-31(40-27)41-28-25(49-6)14-15-43(32(45)46)29(28)33(3,4)5/h7-13,16-17,25,28-29H,14-15H2,1-6H3,(H,45,46)(H,38,40,41). The first-order chi connectivity index (χ1) is 23.9. The van der Waals surface area contributed by atoms with E-state index in [-0.39, 0.29) is 34.0 Å². The summed E-state index contributed by atoms with van der Waals surface area (Å²) in [4.78, 5) is 26.4. The number of aryl methyl sites for hydroxylation is 2. The Hall–Kier alpha value is -5.03. The lowest BCUT2D eigenvalue weighted by Gasteiger charge is -2.49. The topological polar surface area (TPSA) is 166 Å². The van der Waals surface area contributed by atoms with Crippen molar-refractivity contribution in [2.24, 2.45) is 5.41 Å². The van der Waals surface area contributed by atoms with Crippen molar-refractivity contribution in [3.8, 4) is 22.5 Å². The van der Waals surface area contributed by atoms with E-state index >= 15 is 0 Å². The van der Waals surface area contributed by atoms with Gasteiger partial charge in [-0.05, 0) is 49.9 Å². The normalized spacial score (nSPS) is 18.7. The number of rotatable bonds is 7. The average Bonchev–Trinajstić information content (AvgIpc) is 3.62. The molecule has 17 heteroatoms. The maximum Gasteiger partial charge on any atom is 0.419 e. The van der Waals surface area contributed by atoms with Gasteiger partial charge in [-0.2, -0.15) is 13.2 Å². The van der Waals surface area contributed by atoms with E-state index in [2.05, 4.69) is 25.4 Å². The molecule has 4 aromatic heterocycles. The molecule has 13 nitrogen and oxygen atoms in total. The number of hydrogen-bond donors (Lipinski definition) is 2. The first kappa shape index (κ1) is 35.8. The Morgan fingerprint density at radius 1 is 1.08 bits per heavy atom. The second-order valence-electron chi connectivity index (χ2n) is 13.4. The molecule has 5 aromatic rings. The number of aromatic nitrogens is 5. The Kier molecular flexibility index (Phi) is 9.08. The number of alkyl halides is 3. The summed E-state index contributed by atoms with van der Waals surface area (Å²) in [5.74, 6) is 0.181. The van der Waals surface area contributed by atoms with Crippen molar-refractivity contribution < 1.29 is 40.8 Å². The Morgan fingerprint density at radius 3 is 2.37 bits per heavy atom. The summed E-state index contributed by atoms with van der Waals surface area (Å²) in [6.45, 7) is 9.10. The summed E-state index contributed by atoms with van der Waals surface area (Å²) < 4.78 is 84.1. The van der Waals surface area contributed by atoms with Crippen molar-refractivity contribution in [2.75, 3.05) is 19.0 Å². The molecule has 0 bridgehead atoms. The van der Waals surface area contributed by atoms with Crippen LogP contribution in [0, 0.1) is 19.3 Å². The fourth-order valence-electron chi connectivity index (χ4n) is 6.79. The van der Waals surface area contributed by atoms with Gasteiger partial charge < -0.3 is 24.6 Å². The van der Waals surface area contributed by atoms with Crippen LogP contribution in [0.3, 0.4) is 0 Å². The third-order valence-corrected chi connectivity index (χ3v) is 10.7. The summed E-state index contributed by atoms with van der Waals surface area (Å²) in [6, 6.07) is 9.01. The van der Waals surface area contributed by atoms with E-state index < -0.39 is 57.2 Å². The van der Waals surface area contributed by atoms with Crippen LogP contribution in [0.1, 0.15) is 44.2 Å². The Labute approximate surface area is 291 Å². The van der Waals surface area contributed by atoms with Crippen LogP contribution >= 0.6 is 0 Å². The first-order valence-corrected chi connectivity index (χ1v) is 17.4. The third-order valence-electron chi connectivity index (χ3n) is 9.02. The lowest BCUT2D eigenvalue weighted by molar-refractivity contribution is -0.137. The van der Waals surface area contributed by atoms with Gasteiger partial charge in [-0.15, -0.1) is 0 Å². The minimum absolute atomic E-state index is 0.0669. The van der Waals surface area contributed by atoms with Crippen molar-refractivity contribution >= 4 is 33.1 Å². The molecule has 51 heavy (non-hydrogen) atoms. The fourth-order valence-corrected chi connectivity index (χ4v) is 8.13. The van der Waals surface area contributed by atoms with Crippen LogP contribution in [0.2, 0.25) is 0 Å². The van der Waals surface area contributed by atoms with E-state index in [0.29, 0.717) is 35.3 Å². The summed E-state index contributed by atoms with van der Waals surface area (Å²) in [5.41, 5.74) is -1.48. The van der Waals surface area contributed by atoms with Gasteiger partial charge in [-0.1, -0.05) is 44.1 Å². The van der Waals surface area contributed by atoms with E-state index in [1.807, 2.05) is 20.8 Å². The quantitative estimate of drug-likeness (QED) is 0.185. The SMILES string of the molecule is COC1CCN(C(=O)O)C(C(C)(C)C)C1Nc1ncc(C(F)(F)F)c(-c2cn(S(=O)(=O)c3ccccc3)c3nc(-c4c(C)noc4C)ccc23)n1. The molecule has 0 spiro atoms. The maximum absolute atomic E-state index is 14.7. The largest absolute Gasteiger partial charge is 0.465 e. The molecule has 0 saturated carbocycles. The van der Waals surface area contributed by atoms with Gasteiger partial charge in [0.1, 0.15) is 11.3 Å². The molecule has 2 N–H and O–H groups in total. The monoisotopic (exact) mass is 727 g/mol. The molecule has 3 atom stereocenters. The molecule has 0 radical (unpaired) electrons. The van der Waals surface area contributed by atoms with Crippen LogP contribution < -0.4 is 5.32 Å². The van der Waals surface area contributed by atoms with Gasteiger partial charge in [-0.25, -0.2) is 32.1 Å². The zero-order chi connectivity index (χ0) is 37.0. The number of fused-ring (bicyclic) bond motifs is 1. The zero-order valence-corrected chi connectivity index (χ0v) is 29.4. The molecule has 6 rings (SSSR count). The fraction of sp³-hybridized carbons (Fsp3) is 0.382. The molecule has 1 saturated heterocycles. The number of nitrogens with zero attached hydrogens (tertiary/aromatic N) is 6. The van der Waals surface area contributed by atoms with Gasteiger partial charge in [0.05, 0.1) is 45.7 Å². The lowest BCUT2D eigenvalue weighted by Crippen LogP contribution is -2.64. The van der Waals surface area contributed by atoms with Crippen LogP contribution in [0.15, 0.2) is 64.3 Å². The molecule has 1 fully saturated rings. The predicted octanol–water partition coefficient (Wildman–Crippen LogP) is 6.61. The first-order valence-electron chi connectivity index (χ1n) is 15.9. The summed E-state index contributed by atoms with van der Waals surface area (Å²) in [7, 11) is -2.92. The van der Waals surface area contributed by atoms with Crippen molar-refractivity contribution in [1.82, 2.24) is 29.0 Å². The van der Waals surface area contributed by atoms with E-state index in [0.717, 1.165) is 10.2 Å². The highest BCUT2D eigenvalue weighted by Gasteiger charge is 2.47. The highest BCUT2D eigenvalue weighted by molar-refractivity contribution is 7.90. The second kappa shape index (κ2) is 12.9. The number of carbonyl (C=O) groups is 1. The minimum atomic E-state index is -4.95.